The third-order valence-electron chi connectivity index (χ3n) is 6.10. The Balaban J connectivity index is 1.30. The van der Waals surface area contributed by atoms with E-state index in [1.807, 2.05) is 18.2 Å². The fourth-order valence-electron chi connectivity index (χ4n) is 4.57. The Bertz CT molecular complexity index is 961. The zero-order chi connectivity index (χ0) is 20.2. The predicted octanol–water partition coefficient (Wildman–Crippen LogP) is 5.10. The second-order valence-corrected chi connectivity index (χ2v) is 8.11. The zero-order valence-corrected chi connectivity index (χ0v) is 17.1. The van der Waals surface area contributed by atoms with Crippen molar-refractivity contribution < 1.29 is 14.2 Å². The van der Waals surface area contributed by atoms with E-state index in [2.05, 4.69) is 65.6 Å². The van der Waals surface area contributed by atoms with Gasteiger partial charge in [0.1, 0.15) is 5.75 Å². The van der Waals surface area contributed by atoms with Crippen molar-refractivity contribution in [3.05, 3.63) is 90.0 Å². The lowest BCUT2D eigenvalue weighted by Gasteiger charge is -2.39. The van der Waals surface area contributed by atoms with Gasteiger partial charge < -0.3 is 14.2 Å². The van der Waals surface area contributed by atoms with Crippen molar-refractivity contribution in [1.82, 2.24) is 4.90 Å². The fraction of sp³-hybridized carbons (Fsp3) is 0.308. The summed E-state index contributed by atoms with van der Waals surface area (Å²) >= 11 is 0. The molecule has 2 aliphatic heterocycles. The third-order valence-corrected chi connectivity index (χ3v) is 6.10. The van der Waals surface area contributed by atoms with Crippen LogP contribution in [0.3, 0.4) is 0 Å². The van der Waals surface area contributed by atoms with E-state index >= 15 is 0 Å². The Morgan fingerprint density at radius 2 is 1.63 bits per heavy atom. The van der Waals surface area contributed by atoms with Crippen molar-refractivity contribution in [2.45, 2.75) is 18.9 Å². The van der Waals surface area contributed by atoms with E-state index in [9.17, 15) is 0 Å². The van der Waals surface area contributed by atoms with Crippen LogP contribution < -0.4 is 14.2 Å². The summed E-state index contributed by atoms with van der Waals surface area (Å²) in [5.41, 5.74) is 2.78. The van der Waals surface area contributed by atoms with Gasteiger partial charge in [0, 0.05) is 25.1 Å². The average molecular weight is 402 g/mol. The molecule has 2 heterocycles. The number of nitrogens with zero attached hydrogens (tertiary/aromatic N) is 1. The molecule has 5 rings (SSSR count). The van der Waals surface area contributed by atoms with E-state index in [-0.39, 0.29) is 6.79 Å². The Morgan fingerprint density at radius 3 is 2.47 bits per heavy atom. The van der Waals surface area contributed by atoms with Gasteiger partial charge in [0.25, 0.3) is 0 Å². The standard InChI is InChI=1S/C26H27NO3/c1-3-7-20(8-4-1)16-27-14-13-24(21-9-5-2-6-10-21)22(17-27)18-28-23-11-12-25-26(15-23)30-19-29-25/h1-12,15,22,24H,13-14,16-19H2. The van der Waals surface area contributed by atoms with Crippen molar-refractivity contribution in [3.8, 4) is 17.2 Å². The van der Waals surface area contributed by atoms with Crippen molar-refractivity contribution in [3.63, 3.8) is 0 Å². The molecule has 2 unspecified atom stereocenters. The van der Waals surface area contributed by atoms with Gasteiger partial charge in [-0.25, -0.2) is 0 Å². The van der Waals surface area contributed by atoms with E-state index < -0.39 is 0 Å². The molecule has 0 amide bonds. The van der Waals surface area contributed by atoms with Crippen molar-refractivity contribution in [1.29, 1.82) is 0 Å². The monoisotopic (exact) mass is 401 g/mol. The van der Waals surface area contributed by atoms with Crippen LogP contribution in [0.1, 0.15) is 23.5 Å². The minimum absolute atomic E-state index is 0.284. The summed E-state index contributed by atoms with van der Waals surface area (Å²) in [6.45, 7) is 4.09. The first-order chi connectivity index (χ1) is 14.8. The molecule has 4 nitrogen and oxygen atoms in total. The highest BCUT2D eigenvalue weighted by Gasteiger charge is 2.31. The molecule has 0 aliphatic carbocycles. The zero-order valence-electron chi connectivity index (χ0n) is 17.1. The molecule has 1 saturated heterocycles. The van der Waals surface area contributed by atoms with Crippen LogP contribution in [-0.4, -0.2) is 31.4 Å². The number of likely N-dealkylation sites (tertiary alicyclic amines) is 1. The summed E-state index contributed by atoms with van der Waals surface area (Å²) < 4.78 is 17.2. The molecule has 0 radical (unpaired) electrons. The number of rotatable bonds is 6. The number of ether oxygens (including phenoxy) is 3. The molecule has 3 aromatic rings. The highest BCUT2D eigenvalue weighted by atomic mass is 16.7. The van der Waals surface area contributed by atoms with Gasteiger partial charge in [-0.1, -0.05) is 60.7 Å². The van der Waals surface area contributed by atoms with Gasteiger partial charge in [0.2, 0.25) is 6.79 Å². The maximum absolute atomic E-state index is 6.26. The van der Waals surface area contributed by atoms with E-state index in [1.54, 1.807) is 0 Å². The molecule has 2 aliphatic rings. The second-order valence-electron chi connectivity index (χ2n) is 8.11. The Hall–Kier alpha value is -2.98. The van der Waals surface area contributed by atoms with Gasteiger partial charge in [-0.2, -0.15) is 0 Å². The number of piperidine rings is 1. The van der Waals surface area contributed by atoms with Crippen molar-refractivity contribution in [2.24, 2.45) is 5.92 Å². The number of benzene rings is 3. The lowest BCUT2D eigenvalue weighted by molar-refractivity contribution is 0.106. The van der Waals surface area contributed by atoms with Crippen molar-refractivity contribution in [2.75, 3.05) is 26.5 Å². The average Bonchev–Trinajstić information content (AvgIpc) is 3.27. The van der Waals surface area contributed by atoms with Crippen LogP contribution in [0.25, 0.3) is 0 Å². The van der Waals surface area contributed by atoms with E-state index in [4.69, 9.17) is 14.2 Å². The van der Waals surface area contributed by atoms with Gasteiger partial charge in [-0.3, -0.25) is 4.90 Å². The molecule has 1 fully saturated rings. The van der Waals surface area contributed by atoms with Gasteiger partial charge in [-0.15, -0.1) is 0 Å². The summed E-state index contributed by atoms with van der Waals surface area (Å²) in [5.74, 6) is 3.33. The van der Waals surface area contributed by atoms with E-state index in [0.29, 0.717) is 18.4 Å². The molecule has 3 aromatic carbocycles. The van der Waals surface area contributed by atoms with E-state index in [1.165, 1.54) is 11.1 Å². The highest BCUT2D eigenvalue weighted by molar-refractivity contribution is 5.46. The molecule has 0 spiro atoms. The van der Waals surface area contributed by atoms with Gasteiger partial charge >= 0.3 is 0 Å². The molecule has 30 heavy (non-hydrogen) atoms. The molecule has 0 saturated carbocycles. The molecular formula is C26H27NO3. The van der Waals surface area contributed by atoms with Gasteiger partial charge in [-0.05, 0) is 42.1 Å². The fourth-order valence-corrected chi connectivity index (χ4v) is 4.57. The van der Waals surface area contributed by atoms with Crippen LogP contribution in [0.2, 0.25) is 0 Å². The summed E-state index contributed by atoms with van der Waals surface area (Å²) in [4.78, 5) is 2.56. The normalized spacial score (nSPS) is 20.8. The smallest absolute Gasteiger partial charge is 0.231 e. The maximum Gasteiger partial charge on any atom is 0.231 e. The molecule has 154 valence electrons. The van der Waals surface area contributed by atoms with Crippen LogP contribution in [0.5, 0.6) is 17.2 Å². The quantitative estimate of drug-likeness (QED) is 0.575. The van der Waals surface area contributed by atoms with Gasteiger partial charge in [0.15, 0.2) is 11.5 Å². The minimum Gasteiger partial charge on any atom is -0.493 e. The number of hydrogen-bond donors (Lipinski definition) is 0. The van der Waals surface area contributed by atoms with E-state index in [0.717, 1.165) is 43.3 Å². The topological polar surface area (TPSA) is 30.9 Å². The second kappa shape index (κ2) is 8.80. The largest absolute Gasteiger partial charge is 0.493 e. The number of fused-ring (bicyclic) bond motifs is 1. The Kier molecular flexibility index (Phi) is 5.58. The van der Waals surface area contributed by atoms with Crippen LogP contribution in [-0.2, 0) is 6.54 Å². The van der Waals surface area contributed by atoms with Crippen LogP contribution >= 0.6 is 0 Å². The minimum atomic E-state index is 0.284. The summed E-state index contributed by atoms with van der Waals surface area (Å²) in [5, 5.41) is 0. The van der Waals surface area contributed by atoms with Crippen LogP contribution in [0.4, 0.5) is 0 Å². The highest BCUT2D eigenvalue weighted by Crippen LogP contribution is 2.37. The lowest BCUT2D eigenvalue weighted by atomic mass is 9.80. The lowest BCUT2D eigenvalue weighted by Crippen LogP contribution is -2.41. The Morgan fingerprint density at radius 1 is 0.867 bits per heavy atom. The molecule has 2 atom stereocenters. The Labute approximate surface area is 178 Å². The summed E-state index contributed by atoms with van der Waals surface area (Å²) in [7, 11) is 0. The summed E-state index contributed by atoms with van der Waals surface area (Å²) in [6.07, 6.45) is 1.14. The maximum atomic E-state index is 6.26. The van der Waals surface area contributed by atoms with Gasteiger partial charge in [0.05, 0.1) is 6.61 Å². The predicted molar refractivity (Wildman–Crippen MR) is 117 cm³/mol. The summed E-state index contributed by atoms with van der Waals surface area (Å²) in [6, 6.07) is 27.4. The first kappa shape index (κ1) is 19.0. The van der Waals surface area contributed by atoms with Crippen LogP contribution in [0, 0.1) is 5.92 Å². The molecule has 4 heteroatoms. The SMILES string of the molecule is c1ccc(CN2CCC(c3ccccc3)C(COc3ccc4c(c3)OCO4)C2)cc1. The first-order valence-corrected chi connectivity index (χ1v) is 10.7. The van der Waals surface area contributed by atoms with Crippen LogP contribution in [0.15, 0.2) is 78.9 Å². The third kappa shape index (κ3) is 4.29. The molecule has 0 bridgehead atoms. The van der Waals surface area contributed by atoms with Crippen molar-refractivity contribution >= 4 is 0 Å². The molecular weight excluding hydrogens is 374 g/mol. The first-order valence-electron chi connectivity index (χ1n) is 10.7. The number of hydrogen-bond acceptors (Lipinski definition) is 4. The molecule has 0 aromatic heterocycles. The molecule has 0 N–H and O–H groups in total.